The highest BCUT2D eigenvalue weighted by Crippen LogP contribution is 2.27. The molecule has 5 nitrogen and oxygen atoms in total. The van der Waals surface area contributed by atoms with Crippen LogP contribution in [0.25, 0.3) is 0 Å². The van der Waals surface area contributed by atoms with Crippen LogP contribution < -0.4 is 0 Å². The minimum Gasteiger partial charge on any atom is -0.478 e. The average molecular weight is 209 g/mol. The first-order valence-electron chi connectivity index (χ1n) is 4.56. The van der Waals surface area contributed by atoms with Crippen molar-refractivity contribution in [2.24, 2.45) is 5.16 Å². The van der Waals surface area contributed by atoms with Crippen LogP contribution in [0.15, 0.2) is 21.7 Å². The summed E-state index contributed by atoms with van der Waals surface area (Å²) in [5.41, 5.74) is -0.733. The fourth-order valence-electron chi connectivity index (χ4n) is 1.38. The summed E-state index contributed by atoms with van der Waals surface area (Å²) in [7, 11) is 0. The van der Waals surface area contributed by atoms with Crippen LogP contribution in [0.3, 0.4) is 0 Å². The van der Waals surface area contributed by atoms with E-state index in [-0.39, 0.29) is 6.42 Å². The Labute approximate surface area is 86.3 Å². The lowest BCUT2D eigenvalue weighted by Crippen LogP contribution is -2.35. The maximum absolute atomic E-state index is 10.9. The second kappa shape index (κ2) is 3.12. The molecule has 0 aromatic carbocycles. The fourth-order valence-corrected chi connectivity index (χ4v) is 1.38. The maximum atomic E-state index is 10.9. The third-order valence-electron chi connectivity index (χ3n) is 2.34. The van der Waals surface area contributed by atoms with Crippen LogP contribution in [0.4, 0.5) is 0 Å². The zero-order chi connectivity index (χ0) is 11.1. The van der Waals surface area contributed by atoms with E-state index < -0.39 is 11.6 Å². The zero-order valence-electron chi connectivity index (χ0n) is 8.48. The summed E-state index contributed by atoms with van der Waals surface area (Å²) < 4.78 is 5.34. The van der Waals surface area contributed by atoms with Gasteiger partial charge in [-0.2, -0.15) is 0 Å². The molecule has 0 aliphatic carbocycles. The predicted molar refractivity (Wildman–Crippen MR) is 51.7 cm³/mol. The van der Waals surface area contributed by atoms with Gasteiger partial charge in [0.25, 0.3) is 0 Å². The molecule has 2 heterocycles. The minimum absolute atomic E-state index is 0.218. The zero-order valence-corrected chi connectivity index (χ0v) is 8.48. The Kier molecular flexibility index (Phi) is 2.03. The predicted octanol–water partition coefficient (Wildman–Crippen LogP) is 1.56. The summed E-state index contributed by atoms with van der Waals surface area (Å²) in [6.45, 7) is 3.30. The molecule has 15 heavy (non-hydrogen) atoms. The third kappa shape index (κ3) is 1.60. The Morgan fingerprint density at radius 1 is 1.60 bits per heavy atom. The molecule has 1 aromatic heterocycles. The van der Waals surface area contributed by atoms with Crippen LogP contribution in [0, 0.1) is 6.92 Å². The molecule has 0 amide bonds. The number of carbonyl (C=O) groups is 1. The van der Waals surface area contributed by atoms with E-state index in [1.54, 1.807) is 12.1 Å². The number of hydrogen-bond acceptors (Lipinski definition) is 4. The van der Waals surface area contributed by atoms with Crippen molar-refractivity contribution in [1.82, 2.24) is 0 Å². The van der Waals surface area contributed by atoms with Gasteiger partial charge in [-0.3, -0.25) is 0 Å². The van der Waals surface area contributed by atoms with Gasteiger partial charge < -0.3 is 14.4 Å². The first-order chi connectivity index (χ1) is 7.01. The molecule has 0 saturated heterocycles. The van der Waals surface area contributed by atoms with Gasteiger partial charge in [-0.15, -0.1) is 0 Å². The van der Waals surface area contributed by atoms with Gasteiger partial charge in [-0.25, -0.2) is 4.79 Å². The Hall–Kier alpha value is -1.78. The van der Waals surface area contributed by atoms with Crippen LogP contribution in [-0.4, -0.2) is 22.4 Å². The Bertz CT molecular complexity index is 434. The minimum atomic E-state index is -1.27. The maximum Gasteiger partial charge on any atom is 0.351 e. The molecule has 0 saturated carbocycles. The van der Waals surface area contributed by atoms with E-state index >= 15 is 0 Å². The molecule has 2 rings (SSSR count). The summed E-state index contributed by atoms with van der Waals surface area (Å²) >= 11 is 0. The topological polar surface area (TPSA) is 72.0 Å². The molecule has 80 valence electrons. The Morgan fingerprint density at radius 3 is 2.80 bits per heavy atom. The van der Waals surface area contributed by atoms with Crippen molar-refractivity contribution in [3.05, 3.63) is 23.7 Å². The molecule has 1 aliphatic heterocycles. The summed E-state index contributed by atoms with van der Waals surface area (Å²) in [6, 6.07) is 3.55. The number of oxime groups is 1. The van der Waals surface area contributed by atoms with Crippen LogP contribution in [0.2, 0.25) is 0 Å². The molecular formula is C10H11NO4. The van der Waals surface area contributed by atoms with E-state index in [2.05, 4.69) is 5.16 Å². The highest BCUT2D eigenvalue weighted by atomic mass is 16.7. The van der Waals surface area contributed by atoms with Crippen LogP contribution >= 0.6 is 0 Å². The molecule has 1 aliphatic rings. The highest BCUT2D eigenvalue weighted by Gasteiger charge is 2.43. The second-order valence-electron chi connectivity index (χ2n) is 3.75. The summed E-state index contributed by atoms with van der Waals surface area (Å²) in [5.74, 6) is 0.304. The van der Waals surface area contributed by atoms with Gasteiger partial charge in [0.2, 0.25) is 5.60 Å². The average Bonchev–Trinajstić information content (AvgIpc) is 2.73. The fraction of sp³-hybridized carbons (Fsp3) is 0.400. The van der Waals surface area contributed by atoms with Crippen molar-refractivity contribution in [3.63, 3.8) is 0 Å². The smallest absolute Gasteiger partial charge is 0.351 e. The molecule has 5 heteroatoms. The number of aliphatic carboxylic acids is 1. The molecular weight excluding hydrogens is 198 g/mol. The van der Waals surface area contributed by atoms with Crippen LogP contribution in [-0.2, 0) is 9.63 Å². The monoisotopic (exact) mass is 209 g/mol. The van der Waals surface area contributed by atoms with Crippen molar-refractivity contribution < 1.29 is 19.2 Å². The normalized spacial score (nSPS) is 24.8. The molecule has 0 radical (unpaired) electrons. The van der Waals surface area contributed by atoms with Gasteiger partial charge in [0, 0.05) is 0 Å². The van der Waals surface area contributed by atoms with Gasteiger partial charge in [0.05, 0.1) is 6.42 Å². The second-order valence-corrected chi connectivity index (χ2v) is 3.75. The van der Waals surface area contributed by atoms with E-state index in [1.165, 1.54) is 6.92 Å². The van der Waals surface area contributed by atoms with E-state index in [4.69, 9.17) is 14.4 Å². The van der Waals surface area contributed by atoms with Gasteiger partial charge in [0.15, 0.2) is 5.76 Å². The van der Waals surface area contributed by atoms with Crippen LogP contribution in [0.5, 0.6) is 0 Å². The van der Waals surface area contributed by atoms with Gasteiger partial charge in [0.1, 0.15) is 11.5 Å². The number of carboxylic acid groups (broad SMARTS) is 1. The number of carboxylic acids is 1. The van der Waals surface area contributed by atoms with E-state index in [9.17, 15) is 4.79 Å². The molecule has 1 atom stereocenters. The van der Waals surface area contributed by atoms with Crippen LogP contribution in [0.1, 0.15) is 24.9 Å². The molecule has 0 spiro atoms. The van der Waals surface area contributed by atoms with E-state index in [0.29, 0.717) is 11.5 Å². The van der Waals surface area contributed by atoms with E-state index in [1.807, 2.05) is 6.92 Å². The molecule has 0 unspecified atom stereocenters. The summed E-state index contributed by atoms with van der Waals surface area (Å²) in [6.07, 6.45) is 0.218. The number of rotatable bonds is 2. The number of aryl methyl sites for hydroxylation is 1. The van der Waals surface area contributed by atoms with Crippen molar-refractivity contribution in [1.29, 1.82) is 0 Å². The van der Waals surface area contributed by atoms with Gasteiger partial charge in [-0.05, 0) is 26.0 Å². The third-order valence-corrected chi connectivity index (χ3v) is 2.34. The molecule has 1 N–H and O–H groups in total. The molecule has 0 bridgehead atoms. The first kappa shape index (κ1) is 9.76. The standard InChI is InChI=1S/C10H11NO4/c1-6-3-4-8(14-6)7-5-10(2,9(12)13)15-11-7/h3-4H,5H2,1-2H3,(H,12,13)/t10-/m0/s1. The Balaban J connectivity index is 2.20. The lowest BCUT2D eigenvalue weighted by molar-refractivity contribution is -0.160. The highest BCUT2D eigenvalue weighted by molar-refractivity contribution is 6.02. The van der Waals surface area contributed by atoms with Crippen molar-refractivity contribution in [2.45, 2.75) is 25.9 Å². The van der Waals surface area contributed by atoms with E-state index in [0.717, 1.165) is 5.76 Å². The SMILES string of the molecule is Cc1ccc(C2=NO[C@](C)(C(=O)O)C2)o1. The summed E-state index contributed by atoms with van der Waals surface area (Å²) in [4.78, 5) is 15.8. The first-order valence-corrected chi connectivity index (χ1v) is 4.56. The lowest BCUT2D eigenvalue weighted by atomic mass is 9.99. The van der Waals surface area contributed by atoms with Crippen molar-refractivity contribution in [2.75, 3.05) is 0 Å². The summed E-state index contributed by atoms with van der Waals surface area (Å²) in [5, 5.41) is 12.6. The largest absolute Gasteiger partial charge is 0.478 e. The lowest BCUT2D eigenvalue weighted by Gasteiger charge is -2.14. The van der Waals surface area contributed by atoms with Crippen molar-refractivity contribution >= 4 is 11.7 Å². The molecule has 0 fully saturated rings. The Morgan fingerprint density at radius 2 is 2.33 bits per heavy atom. The van der Waals surface area contributed by atoms with Gasteiger partial charge in [-0.1, -0.05) is 5.16 Å². The number of furan rings is 1. The van der Waals surface area contributed by atoms with Crippen molar-refractivity contribution in [3.8, 4) is 0 Å². The molecule has 1 aromatic rings. The number of hydrogen-bond donors (Lipinski definition) is 1. The number of nitrogens with zero attached hydrogens (tertiary/aromatic N) is 1. The van der Waals surface area contributed by atoms with Gasteiger partial charge >= 0.3 is 5.97 Å². The quantitative estimate of drug-likeness (QED) is 0.802.